The molecule has 0 radical (unpaired) electrons. The van der Waals surface area contributed by atoms with Gasteiger partial charge in [-0.25, -0.2) is 0 Å². The number of hydrogen-bond donors (Lipinski definition) is 0. The van der Waals surface area contributed by atoms with Crippen molar-refractivity contribution in [1.29, 1.82) is 0 Å². The third-order valence-electron chi connectivity index (χ3n) is 10.1. The van der Waals surface area contributed by atoms with E-state index in [9.17, 15) is 14.4 Å². The fourth-order valence-corrected chi connectivity index (χ4v) is 6.47. The Bertz CT molecular complexity index is 974. The van der Waals surface area contributed by atoms with E-state index < -0.39 is 0 Å². The first kappa shape index (κ1) is 44.7. The van der Waals surface area contributed by atoms with Crippen molar-refractivity contribution < 1.29 is 28.6 Å². The number of carbonyl (C=O) groups is 3. The van der Waals surface area contributed by atoms with Gasteiger partial charge >= 0.3 is 17.9 Å². The van der Waals surface area contributed by atoms with Crippen LogP contribution in [-0.4, -0.2) is 17.9 Å². The molecule has 0 amide bonds. The van der Waals surface area contributed by atoms with Gasteiger partial charge in [0.25, 0.3) is 0 Å². The molecule has 1 rings (SSSR count). The highest BCUT2D eigenvalue weighted by Crippen LogP contribution is 2.36. The van der Waals surface area contributed by atoms with Crippen LogP contribution < -0.4 is 14.2 Å². The zero-order valence-corrected chi connectivity index (χ0v) is 32.8. The lowest BCUT2D eigenvalue weighted by atomic mass is 9.97. The molecule has 1 aromatic rings. The number of benzene rings is 1. The molecule has 6 heteroatoms. The van der Waals surface area contributed by atoms with Crippen molar-refractivity contribution in [3.63, 3.8) is 0 Å². The predicted octanol–water partition coefficient (Wildman–Crippen LogP) is 13.0. The largest absolute Gasteiger partial charge is 0.426 e. The van der Waals surface area contributed by atoms with Crippen LogP contribution in [0, 0.1) is 24.7 Å². The third kappa shape index (κ3) is 19.0. The van der Waals surface area contributed by atoms with E-state index >= 15 is 0 Å². The Labute approximate surface area is 301 Å². The van der Waals surface area contributed by atoms with Crippen LogP contribution in [0.25, 0.3) is 0 Å². The summed E-state index contributed by atoms with van der Waals surface area (Å²) in [6.45, 7) is 14.5. The van der Waals surface area contributed by atoms with Crippen LogP contribution in [0.5, 0.6) is 17.2 Å². The highest BCUT2D eigenvalue weighted by Gasteiger charge is 2.25. The molecule has 49 heavy (non-hydrogen) atoms. The molecule has 0 aliphatic carbocycles. The average molecular weight is 687 g/mol. The zero-order chi connectivity index (χ0) is 36.3. The lowest BCUT2D eigenvalue weighted by Gasteiger charge is -2.20. The minimum absolute atomic E-state index is 0.215. The van der Waals surface area contributed by atoms with E-state index in [2.05, 4.69) is 20.8 Å². The van der Waals surface area contributed by atoms with Gasteiger partial charge in [-0.1, -0.05) is 157 Å². The first-order valence-electron chi connectivity index (χ1n) is 20.5. The molecule has 0 aliphatic heterocycles. The van der Waals surface area contributed by atoms with Gasteiger partial charge in [-0.15, -0.1) is 0 Å². The van der Waals surface area contributed by atoms with Crippen LogP contribution in [0.4, 0.5) is 0 Å². The van der Waals surface area contributed by atoms with E-state index in [-0.39, 0.29) is 52.9 Å². The number of ether oxygens (including phenoxy) is 3. The Hall–Kier alpha value is -2.37. The molecule has 0 aliphatic rings. The van der Waals surface area contributed by atoms with Gasteiger partial charge in [0.05, 0.1) is 17.8 Å². The SMILES string of the molecule is CCCCCCCCC(CC)C(=O)Oc1cc(OC(=O)C(CC)CCCCCCCC)c(C)c(OC(=O)C(CC)CCCCCCCC)c1. The van der Waals surface area contributed by atoms with Gasteiger partial charge in [0.1, 0.15) is 17.2 Å². The standard InChI is InChI=1S/C43H74O6/c1-8-14-17-20-23-26-29-35(11-4)41(44)47-38-32-39(48-42(45)36(12-5)30-27-24-21-18-15-9-2)34(7)40(33-38)49-43(46)37(13-6)31-28-25-22-19-16-10-3/h32-33,35-37H,8-31H2,1-7H3. The fourth-order valence-electron chi connectivity index (χ4n) is 6.47. The molecule has 3 unspecified atom stereocenters. The van der Waals surface area contributed by atoms with Crippen molar-refractivity contribution in [2.24, 2.45) is 17.8 Å². The van der Waals surface area contributed by atoms with Crippen LogP contribution in [0.15, 0.2) is 12.1 Å². The van der Waals surface area contributed by atoms with Crippen LogP contribution in [0.3, 0.4) is 0 Å². The van der Waals surface area contributed by atoms with Crippen molar-refractivity contribution in [2.75, 3.05) is 0 Å². The van der Waals surface area contributed by atoms with E-state index in [0.717, 1.165) is 57.8 Å². The number of unbranched alkanes of at least 4 members (excludes halogenated alkanes) is 15. The van der Waals surface area contributed by atoms with E-state index in [0.29, 0.717) is 24.8 Å². The smallest absolute Gasteiger partial charge is 0.314 e. The Morgan fingerprint density at radius 2 is 0.735 bits per heavy atom. The molecule has 0 heterocycles. The van der Waals surface area contributed by atoms with Crippen molar-refractivity contribution in [1.82, 2.24) is 0 Å². The first-order valence-corrected chi connectivity index (χ1v) is 20.5. The van der Waals surface area contributed by atoms with E-state index in [1.807, 2.05) is 20.8 Å². The van der Waals surface area contributed by atoms with Gasteiger partial charge in [-0.3, -0.25) is 14.4 Å². The Kier molecular flexibility index (Phi) is 25.8. The molecule has 3 atom stereocenters. The van der Waals surface area contributed by atoms with Crippen molar-refractivity contribution >= 4 is 17.9 Å². The summed E-state index contributed by atoms with van der Waals surface area (Å²) < 4.78 is 18.0. The van der Waals surface area contributed by atoms with Gasteiger partial charge in [-0.05, 0) is 45.4 Å². The van der Waals surface area contributed by atoms with Gasteiger partial charge in [0.15, 0.2) is 0 Å². The summed E-state index contributed by atoms with van der Waals surface area (Å²) in [7, 11) is 0. The number of esters is 3. The van der Waals surface area contributed by atoms with Crippen LogP contribution >= 0.6 is 0 Å². The summed E-state index contributed by atoms with van der Waals surface area (Å²) in [6.07, 6.45) is 25.4. The van der Waals surface area contributed by atoms with Gasteiger partial charge in [-0.2, -0.15) is 0 Å². The molecular weight excluding hydrogens is 612 g/mol. The van der Waals surface area contributed by atoms with Crippen molar-refractivity contribution in [2.45, 2.75) is 203 Å². The van der Waals surface area contributed by atoms with Gasteiger partial charge < -0.3 is 14.2 Å². The molecule has 0 saturated carbocycles. The van der Waals surface area contributed by atoms with Gasteiger partial charge in [0, 0.05) is 17.7 Å². The number of rotatable bonds is 30. The summed E-state index contributed by atoms with van der Waals surface area (Å²) >= 11 is 0. The molecule has 282 valence electrons. The Morgan fingerprint density at radius 3 is 1.04 bits per heavy atom. The molecular formula is C43H74O6. The van der Waals surface area contributed by atoms with E-state index in [4.69, 9.17) is 14.2 Å². The number of carbonyl (C=O) groups excluding carboxylic acids is 3. The molecule has 0 spiro atoms. The minimum atomic E-state index is -0.293. The summed E-state index contributed by atoms with van der Waals surface area (Å²) in [5.41, 5.74) is 0.560. The summed E-state index contributed by atoms with van der Waals surface area (Å²) in [4.78, 5) is 40.2. The molecule has 0 aromatic heterocycles. The predicted molar refractivity (Wildman–Crippen MR) is 203 cm³/mol. The molecule has 0 bridgehead atoms. The summed E-state index contributed by atoms with van der Waals surface area (Å²) in [5.74, 6) is -0.701. The molecule has 0 N–H and O–H groups in total. The van der Waals surface area contributed by atoms with Crippen LogP contribution in [-0.2, 0) is 14.4 Å². The quantitative estimate of drug-likeness (QED) is 0.0455. The number of hydrogen-bond acceptors (Lipinski definition) is 6. The first-order chi connectivity index (χ1) is 23.8. The second-order valence-electron chi connectivity index (χ2n) is 14.3. The van der Waals surface area contributed by atoms with Crippen molar-refractivity contribution in [3.8, 4) is 17.2 Å². The fraction of sp³-hybridized carbons (Fsp3) is 0.791. The summed E-state index contributed by atoms with van der Waals surface area (Å²) in [5, 5.41) is 0. The monoisotopic (exact) mass is 687 g/mol. The maximum atomic E-state index is 13.4. The lowest BCUT2D eigenvalue weighted by molar-refractivity contribution is -0.139. The van der Waals surface area contributed by atoms with Crippen LogP contribution in [0.2, 0.25) is 0 Å². The maximum absolute atomic E-state index is 13.4. The molecule has 6 nitrogen and oxygen atoms in total. The maximum Gasteiger partial charge on any atom is 0.314 e. The van der Waals surface area contributed by atoms with Crippen LogP contribution in [0.1, 0.15) is 201 Å². The lowest BCUT2D eigenvalue weighted by Crippen LogP contribution is -2.23. The Balaban J connectivity index is 3.13. The molecule has 0 fully saturated rings. The Morgan fingerprint density at radius 1 is 0.449 bits per heavy atom. The topological polar surface area (TPSA) is 78.9 Å². The van der Waals surface area contributed by atoms with E-state index in [1.54, 1.807) is 19.1 Å². The third-order valence-corrected chi connectivity index (χ3v) is 10.1. The molecule has 0 saturated heterocycles. The van der Waals surface area contributed by atoms with Gasteiger partial charge in [0.2, 0.25) is 0 Å². The second kappa shape index (κ2) is 28.3. The minimum Gasteiger partial charge on any atom is -0.426 e. The zero-order valence-electron chi connectivity index (χ0n) is 32.8. The highest BCUT2D eigenvalue weighted by molar-refractivity contribution is 5.79. The van der Waals surface area contributed by atoms with Crippen molar-refractivity contribution in [3.05, 3.63) is 17.7 Å². The van der Waals surface area contributed by atoms with E-state index in [1.165, 1.54) is 77.0 Å². The summed E-state index contributed by atoms with van der Waals surface area (Å²) in [6, 6.07) is 3.23. The highest BCUT2D eigenvalue weighted by atomic mass is 16.6. The normalized spacial score (nSPS) is 13.1. The average Bonchev–Trinajstić information content (AvgIpc) is 3.09. The second-order valence-corrected chi connectivity index (χ2v) is 14.3. The molecule has 1 aromatic carbocycles.